The molecule has 1 aromatic heterocycles. The van der Waals surface area contributed by atoms with Gasteiger partial charge < -0.3 is 5.32 Å². The molecule has 0 bridgehead atoms. The molecule has 1 atom stereocenters. The first-order valence-electron chi connectivity index (χ1n) is 12.4. The van der Waals surface area contributed by atoms with Crippen molar-refractivity contribution in [3.8, 4) is 6.07 Å². The summed E-state index contributed by atoms with van der Waals surface area (Å²) in [5.41, 5.74) is 2.99. The Balaban J connectivity index is 1.31. The maximum Gasteiger partial charge on any atom is 0.239 e. The fourth-order valence-electron chi connectivity index (χ4n) is 5.11. The predicted octanol–water partition coefficient (Wildman–Crippen LogP) is 5.71. The number of benzene rings is 1. The SMILES string of the molecule is CCC(C)(C)C1CCc2c(sc(NC(=O)CN3CCN(Cc4ccc(F)cc4Cl)CC3)c2C#N)C1. The van der Waals surface area contributed by atoms with Crippen LogP contribution < -0.4 is 5.32 Å². The molecule has 1 N–H and O–H groups in total. The number of halogens is 2. The molecule has 0 saturated carbocycles. The average molecular weight is 517 g/mol. The lowest BCUT2D eigenvalue weighted by atomic mass is 9.69. The third-order valence-corrected chi connectivity index (χ3v) is 9.41. The summed E-state index contributed by atoms with van der Waals surface area (Å²) in [5, 5.41) is 14.0. The second-order valence-electron chi connectivity index (χ2n) is 10.4. The van der Waals surface area contributed by atoms with Crippen molar-refractivity contribution in [3.63, 3.8) is 0 Å². The number of amides is 1. The number of anilines is 1. The van der Waals surface area contributed by atoms with E-state index in [1.165, 1.54) is 17.0 Å². The van der Waals surface area contributed by atoms with Crippen LogP contribution >= 0.6 is 22.9 Å². The number of carbonyl (C=O) groups excluding carboxylic acids is 1. The van der Waals surface area contributed by atoms with Gasteiger partial charge in [0.05, 0.1) is 12.1 Å². The topological polar surface area (TPSA) is 59.4 Å². The zero-order chi connectivity index (χ0) is 25.2. The molecule has 1 aliphatic carbocycles. The minimum absolute atomic E-state index is 0.0689. The lowest BCUT2D eigenvalue weighted by Gasteiger charge is -2.36. The Kier molecular flexibility index (Phi) is 8.17. The summed E-state index contributed by atoms with van der Waals surface area (Å²) in [6.45, 7) is 11.0. The van der Waals surface area contributed by atoms with E-state index in [2.05, 4.69) is 42.0 Å². The van der Waals surface area contributed by atoms with Gasteiger partial charge in [-0.15, -0.1) is 11.3 Å². The maximum absolute atomic E-state index is 13.3. The standard InChI is InChI=1S/C27H34ClFN4OS/c1-4-27(2,3)19-6-8-21-22(15-30)26(35-24(21)13-19)31-25(34)17-33-11-9-32(10-12-33)16-18-5-7-20(29)14-23(18)28/h5,7,14,19H,4,6,8-13,16-17H2,1-3H3,(H,31,34). The highest BCUT2D eigenvalue weighted by molar-refractivity contribution is 7.16. The third kappa shape index (κ3) is 6.06. The average Bonchev–Trinajstić information content (AvgIpc) is 3.18. The molecule has 1 unspecified atom stereocenters. The van der Waals surface area contributed by atoms with Crippen LogP contribution in [0.2, 0.25) is 5.02 Å². The monoisotopic (exact) mass is 516 g/mol. The van der Waals surface area contributed by atoms with Crippen molar-refractivity contribution in [3.05, 3.63) is 50.6 Å². The molecule has 1 amide bonds. The van der Waals surface area contributed by atoms with Crippen LogP contribution in [-0.2, 0) is 24.2 Å². The van der Waals surface area contributed by atoms with Gasteiger partial charge >= 0.3 is 0 Å². The van der Waals surface area contributed by atoms with Crippen molar-refractivity contribution >= 4 is 33.8 Å². The number of hydrogen-bond acceptors (Lipinski definition) is 5. The van der Waals surface area contributed by atoms with Crippen molar-refractivity contribution in [2.45, 2.75) is 53.0 Å². The van der Waals surface area contributed by atoms with Crippen LogP contribution in [0.1, 0.15) is 55.2 Å². The molecule has 2 heterocycles. The quantitative estimate of drug-likeness (QED) is 0.512. The Labute approximate surface area is 216 Å². The smallest absolute Gasteiger partial charge is 0.239 e. The van der Waals surface area contributed by atoms with Gasteiger partial charge in [0.25, 0.3) is 0 Å². The summed E-state index contributed by atoms with van der Waals surface area (Å²) in [4.78, 5) is 18.5. The summed E-state index contributed by atoms with van der Waals surface area (Å²) in [7, 11) is 0. The highest BCUT2D eigenvalue weighted by Gasteiger charge is 2.34. The zero-order valence-electron chi connectivity index (χ0n) is 20.8. The van der Waals surface area contributed by atoms with Crippen LogP contribution in [0.5, 0.6) is 0 Å². The Morgan fingerprint density at radius 2 is 2.00 bits per heavy atom. The van der Waals surface area contributed by atoms with Crippen LogP contribution in [0.4, 0.5) is 9.39 Å². The van der Waals surface area contributed by atoms with Gasteiger partial charge in [0.2, 0.25) is 5.91 Å². The number of nitrogens with one attached hydrogen (secondary N) is 1. The first-order chi connectivity index (χ1) is 16.7. The van der Waals surface area contributed by atoms with Crippen LogP contribution in [0.15, 0.2) is 18.2 Å². The van der Waals surface area contributed by atoms with Crippen LogP contribution in [0.3, 0.4) is 0 Å². The van der Waals surface area contributed by atoms with Gasteiger partial charge in [-0.3, -0.25) is 14.6 Å². The molecule has 2 aromatic rings. The van der Waals surface area contributed by atoms with Crippen molar-refractivity contribution < 1.29 is 9.18 Å². The van der Waals surface area contributed by atoms with Crippen LogP contribution in [0.25, 0.3) is 0 Å². The van der Waals surface area contributed by atoms with E-state index in [1.54, 1.807) is 17.4 Å². The second-order valence-corrected chi connectivity index (χ2v) is 12.0. The Bertz CT molecular complexity index is 1120. The van der Waals surface area contributed by atoms with Gasteiger partial charge in [0.15, 0.2) is 0 Å². The van der Waals surface area contributed by atoms with Crippen LogP contribution in [-0.4, -0.2) is 48.4 Å². The molecule has 35 heavy (non-hydrogen) atoms. The zero-order valence-corrected chi connectivity index (χ0v) is 22.4. The normalized spacial score (nSPS) is 19.3. The number of piperazine rings is 1. The molecule has 188 valence electrons. The summed E-state index contributed by atoms with van der Waals surface area (Å²) in [6, 6.07) is 6.87. The number of carbonyl (C=O) groups is 1. The minimum atomic E-state index is -0.328. The minimum Gasteiger partial charge on any atom is -0.315 e. The first-order valence-corrected chi connectivity index (χ1v) is 13.6. The summed E-state index contributed by atoms with van der Waals surface area (Å²) in [6.07, 6.45) is 4.14. The highest BCUT2D eigenvalue weighted by Crippen LogP contribution is 2.45. The number of rotatable bonds is 7. The van der Waals surface area contributed by atoms with E-state index in [9.17, 15) is 14.4 Å². The van der Waals surface area contributed by atoms with E-state index in [-0.39, 0.29) is 17.1 Å². The fraction of sp³-hybridized carbons (Fsp3) is 0.556. The number of nitriles is 1. The molecule has 0 radical (unpaired) electrons. The van der Waals surface area contributed by atoms with E-state index in [0.29, 0.717) is 34.6 Å². The molecular weight excluding hydrogens is 483 g/mol. The Hall–Kier alpha value is -1.98. The summed E-state index contributed by atoms with van der Waals surface area (Å²) < 4.78 is 13.3. The van der Waals surface area contributed by atoms with E-state index < -0.39 is 0 Å². The summed E-state index contributed by atoms with van der Waals surface area (Å²) >= 11 is 7.76. The molecule has 1 aromatic carbocycles. The first kappa shape index (κ1) is 26.1. The number of fused-ring (bicyclic) bond motifs is 1. The Morgan fingerprint density at radius 3 is 2.66 bits per heavy atom. The molecule has 1 fully saturated rings. The maximum atomic E-state index is 13.3. The van der Waals surface area contributed by atoms with E-state index in [4.69, 9.17) is 11.6 Å². The molecule has 2 aliphatic rings. The largest absolute Gasteiger partial charge is 0.315 e. The van der Waals surface area contributed by atoms with Gasteiger partial charge in [0.1, 0.15) is 16.9 Å². The van der Waals surface area contributed by atoms with Gasteiger partial charge in [-0.05, 0) is 53.9 Å². The molecule has 5 nitrogen and oxygen atoms in total. The predicted molar refractivity (Wildman–Crippen MR) is 140 cm³/mol. The number of nitrogens with zero attached hydrogens (tertiary/aromatic N) is 3. The van der Waals surface area contributed by atoms with Crippen LogP contribution in [0, 0.1) is 28.5 Å². The lowest BCUT2D eigenvalue weighted by Crippen LogP contribution is -2.48. The van der Waals surface area contributed by atoms with Gasteiger partial charge in [0, 0.05) is 42.6 Å². The van der Waals surface area contributed by atoms with Crippen molar-refractivity contribution in [2.75, 3.05) is 38.0 Å². The number of hydrogen-bond donors (Lipinski definition) is 1. The van der Waals surface area contributed by atoms with Gasteiger partial charge in [-0.25, -0.2) is 4.39 Å². The molecule has 1 saturated heterocycles. The molecule has 8 heteroatoms. The number of thiophene rings is 1. The van der Waals surface area contributed by atoms with Crippen molar-refractivity contribution in [1.29, 1.82) is 5.26 Å². The van der Waals surface area contributed by atoms with E-state index in [0.717, 1.165) is 63.0 Å². The van der Waals surface area contributed by atoms with Crippen molar-refractivity contribution in [1.82, 2.24) is 9.80 Å². The third-order valence-electron chi connectivity index (χ3n) is 7.89. The summed E-state index contributed by atoms with van der Waals surface area (Å²) in [5.74, 6) is 0.209. The van der Waals surface area contributed by atoms with Gasteiger partial charge in [-0.2, -0.15) is 5.26 Å². The van der Waals surface area contributed by atoms with E-state index >= 15 is 0 Å². The molecular formula is C27H34ClFN4OS. The lowest BCUT2D eigenvalue weighted by molar-refractivity contribution is -0.117. The molecule has 0 spiro atoms. The highest BCUT2D eigenvalue weighted by atomic mass is 35.5. The second kappa shape index (κ2) is 11.0. The molecule has 1 aliphatic heterocycles. The fourth-order valence-corrected chi connectivity index (χ4v) is 6.63. The molecule has 4 rings (SSSR count). The van der Waals surface area contributed by atoms with Gasteiger partial charge in [-0.1, -0.05) is 44.9 Å². The van der Waals surface area contributed by atoms with E-state index in [1.807, 2.05) is 0 Å². The van der Waals surface area contributed by atoms with Crippen molar-refractivity contribution in [2.24, 2.45) is 11.3 Å². The Morgan fingerprint density at radius 1 is 1.29 bits per heavy atom.